The molecule has 1 heterocycles. The van der Waals surface area contributed by atoms with Crippen LogP contribution >= 0.6 is 0 Å². The van der Waals surface area contributed by atoms with Gasteiger partial charge in [0, 0.05) is 12.1 Å². The van der Waals surface area contributed by atoms with Gasteiger partial charge in [-0.2, -0.15) is 0 Å². The smallest absolute Gasteiger partial charge is 0.334 e. The Morgan fingerprint density at radius 1 is 1.44 bits per heavy atom. The van der Waals surface area contributed by atoms with Crippen molar-refractivity contribution in [1.29, 1.82) is 0 Å². The molecule has 2 N–H and O–H groups in total. The molecule has 0 aromatic heterocycles. The van der Waals surface area contributed by atoms with Crippen LogP contribution in [0.1, 0.15) is 12.0 Å². The first-order valence-electron chi connectivity index (χ1n) is 5.53. The number of carboxylic acid groups (broad SMARTS) is 1. The van der Waals surface area contributed by atoms with Crippen molar-refractivity contribution in [3.63, 3.8) is 0 Å². The number of carbonyl (C=O) groups is 2. The summed E-state index contributed by atoms with van der Waals surface area (Å²) in [5.74, 6) is -0.483. The molecular formula is C13H13NO4. The molecule has 0 radical (unpaired) electrons. The maximum absolute atomic E-state index is 11.2. The Hall–Kier alpha value is -2.30. The second-order valence-corrected chi connectivity index (χ2v) is 4.06. The first-order valence-corrected chi connectivity index (χ1v) is 5.53. The minimum atomic E-state index is -1.07. The maximum Gasteiger partial charge on any atom is 0.334 e. The summed E-state index contributed by atoms with van der Waals surface area (Å²) < 4.78 is 5.33. The van der Waals surface area contributed by atoms with Crippen molar-refractivity contribution in [3.8, 4) is 5.75 Å². The van der Waals surface area contributed by atoms with E-state index in [1.165, 1.54) is 0 Å². The van der Waals surface area contributed by atoms with Gasteiger partial charge in [-0.05, 0) is 30.2 Å². The molecule has 0 atom stereocenters. The normalized spacial score (nSPS) is 13.4. The number of carbonyl (C=O) groups excluding carboxylic acids is 1. The van der Waals surface area contributed by atoms with Crippen LogP contribution in [0.2, 0.25) is 0 Å². The Labute approximate surface area is 104 Å². The van der Waals surface area contributed by atoms with E-state index in [1.54, 1.807) is 12.1 Å². The van der Waals surface area contributed by atoms with Crippen LogP contribution in [0.5, 0.6) is 5.75 Å². The van der Waals surface area contributed by atoms with E-state index >= 15 is 0 Å². The zero-order valence-electron chi connectivity index (χ0n) is 9.73. The maximum atomic E-state index is 11.2. The highest BCUT2D eigenvalue weighted by Crippen LogP contribution is 2.26. The van der Waals surface area contributed by atoms with Gasteiger partial charge in [-0.3, -0.25) is 4.79 Å². The van der Waals surface area contributed by atoms with E-state index in [9.17, 15) is 9.59 Å². The highest BCUT2D eigenvalue weighted by atomic mass is 16.5. The molecule has 0 saturated heterocycles. The van der Waals surface area contributed by atoms with E-state index in [-0.39, 0.29) is 18.1 Å². The Morgan fingerprint density at radius 3 is 2.94 bits per heavy atom. The molecule has 0 fully saturated rings. The second-order valence-electron chi connectivity index (χ2n) is 4.06. The number of benzene rings is 1. The quantitative estimate of drug-likeness (QED) is 0.792. The summed E-state index contributed by atoms with van der Waals surface area (Å²) in [5.41, 5.74) is 1.78. The number of amides is 1. The lowest BCUT2D eigenvalue weighted by Crippen LogP contribution is -2.19. The molecule has 1 amide bonds. The van der Waals surface area contributed by atoms with Crippen molar-refractivity contribution in [3.05, 3.63) is 35.9 Å². The van der Waals surface area contributed by atoms with Crippen LogP contribution < -0.4 is 10.1 Å². The number of rotatable bonds is 4. The van der Waals surface area contributed by atoms with Crippen molar-refractivity contribution in [2.24, 2.45) is 0 Å². The van der Waals surface area contributed by atoms with Crippen LogP contribution in [0.15, 0.2) is 30.4 Å². The fourth-order valence-electron chi connectivity index (χ4n) is 1.68. The van der Waals surface area contributed by atoms with Gasteiger partial charge in [-0.15, -0.1) is 0 Å². The van der Waals surface area contributed by atoms with Gasteiger partial charge in [0.15, 0.2) is 0 Å². The number of nitrogens with one attached hydrogen (secondary N) is 1. The molecule has 1 aromatic rings. The standard InChI is InChI=1S/C13H13NO4/c1-8(13(16)17)7-18-10-3-4-11-9(6-10)2-5-12(15)14-11/h3-4,6H,1-2,5,7H2,(H,14,15)(H,16,17). The van der Waals surface area contributed by atoms with E-state index in [1.807, 2.05) is 6.07 Å². The van der Waals surface area contributed by atoms with Crippen molar-refractivity contribution in [2.45, 2.75) is 12.8 Å². The van der Waals surface area contributed by atoms with Gasteiger partial charge in [0.1, 0.15) is 12.4 Å². The Morgan fingerprint density at radius 2 is 2.22 bits per heavy atom. The summed E-state index contributed by atoms with van der Waals surface area (Å²) in [6.45, 7) is 3.33. The number of hydrogen-bond donors (Lipinski definition) is 2. The molecule has 0 aliphatic carbocycles. The molecule has 1 aromatic carbocycles. The first-order chi connectivity index (χ1) is 8.56. The fraction of sp³-hybridized carbons (Fsp3) is 0.231. The summed E-state index contributed by atoms with van der Waals surface area (Å²) in [4.78, 5) is 21.7. The van der Waals surface area contributed by atoms with E-state index in [0.29, 0.717) is 18.6 Å². The molecule has 5 heteroatoms. The zero-order valence-corrected chi connectivity index (χ0v) is 9.73. The van der Waals surface area contributed by atoms with E-state index in [4.69, 9.17) is 9.84 Å². The second kappa shape index (κ2) is 4.91. The predicted octanol–water partition coefficient (Wildman–Crippen LogP) is 1.59. The van der Waals surface area contributed by atoms with Crippen molar-refractivity contribution >= 4 is 17.6 Å². The number of hydrogen-bond acceptors (Lipinski definition) is 3. The van der Waals surface area contributed by atoms with Gasteiger partial charge in [-0.1, -0.05) is 6.58 Å². The van der Waals surface area contributed by atoms with Crippen LogP contribution in [0.3, 0.4) is 0 Å². The molecule has 2 rings (SSSR count). The molecule has 0 unspecified atom stereocenters. The molecule has 0 spiro atoms. The highest BCUT2D eigenvalue weighted by Gasteiger charge is 2.15. The third-order valence-corrected chi connectivity index (χ3v) is 2.69. The van der Waals surface area contributed by atoms with Crippen LogP contribution in [0.25, 0.3) is 0 Å². The molecule has 0 bridgehead atoms. The highest BCUT2D eigenvalue weighted by molar-refractivity contribution is 5.94. The number of aryl methyl sites for hydroxylation is 1. The van der Waals surface area contributed by atoms with E-state index in [2.05, 4.69) is 11.9 Å². The third-order valence-electron chi connectivity index (χ3n) is 2.69. The van der Waals surface area contributed by atoms with Gasteiger partial charge in [0.25, 0.3) is 0 Å². The molecule has 1 aliphatic rings. The summed E-state index contributed by atoms with van der Waals surface area (Å²) in [5, 5.41) is 11.4. The fourth-order valence-corrected chi connectivity index (χ4v) is 1.68. The van der Waals surface area contributed by atoms with Gasteiger partial charge in [0.2, 0.25) is 5.91 Å². The third kappa shape index (κ3) is 2.68. The lowest BCUT2D eigenvalue weighted by molar-refractivity contribution is -0.133. The largest absolute Gasteiger partial charge is 0.489 e. The molecule has 18 heavy (non-hydrogen) atoms. The average molecular weight is 247 g/mol. The van der Waals surface area contributed by atoms with Crippen molar-refractivity contribution < 1.29 is 19.4 Å². The van der Waals surface area contributed by atoms with Gasteiger partial charge in [-0.25, -0.2) is 4.79 Å². The lowest BCUT2D eigenvalue weighted by atomic mass is 10.0. The molecule has 5 nitrogen and oxygen atoms in total. The summed E-state index contributed by atoms with van der Waals surface area (Å²) in [6.07, 6.45) is 1.12. The van der Waals surface area contributed by atoms with Crippen LogP contribution in [0.4, 0.5) is 5.69 Å². The Kier molecular flexibility index (Phi) is 3.32. The van der Waals surface area contributed by atoms with Crippen LogP contribution in [0, 0.1) is 0 Å². The minimum Gasteiger partial charge on any atom is -0.489 e. The average Bonchev–Trinajstić information content (AvgIpc) is 2.35. The zero-order chi connectivity index (χ0) is 13.1. The molecular weight excluding hydrogens is 234 g/mol. The van der Waals surface area contributed by atoms with Gasteiger partial charge >= 0.3 is 5.97 Å². The van der Waals surface area contributed by atoms with Gasteiger partial charge < -0.3 is 15.2 Å². The number of ether oxygens (including phenoxy) is 1. The number of aliphatic carboxylic acids is 1. The molecule has 94 valence electrons. The van der Waals surface area contributed by atoms with E-state index < -0.39 is 5.97 Å². The topological polar surface area (TPSA) is 75.6 Å². The Bertz CT molecular complexity index is 522. The van der Waals surface area contributed by atoms with Gasteiger partial charge in [0.05, 0.1) is 5.57 Å². The lowest BCUT2D eigenvalue weighted by Gasteiger charge is -2.17. The van der Waals surface area contributed by atoms with Crippen LogP contribution in [-0.2, 0) is 16.0 Å². The summed E-state index contributed by atoms with van der Waals surface area (Å²) in [6, 6.07) is 5.26. The monoisotopic (exact) mass is 247 g/mol. The Balaban J connectivity index is 2.05. The van der Waals surface area contributed by atoms with E-state index in [0.717, 1.165) is 11.3 Å². The summed E-state index contributed by atoms with van der Waals surface area (Å²) >= 11 is 0. The minimum absolute atomic E-state index is 0.000948. The SMILES string of the molecule is C=C(COc1ccc2c(c1)CCC(=O)N2)C(=O)O. The predicted molar refractivity (Wildman–Crippen MR) is 65.7 cm³/mol. The number of anilines is 1. The first kappa shape index (κ1) is 12.2. The molecule has 0 saturated carbocycles. The summed E-state index contributed by atoms with van der Waals surface area (Å²) in [7, 11) is 0. The van der Waals surface area contributed by atoms with Crippen LogP contribution in [-0.4, -0.2) is 23.6 Å². The number of fused-ring (bicyclic) bond motifs is 1. The van der Waals surface area contributed by atoms with Crippen molar-refractivity contribution in [2.75, 3.05) is 11.9 Å². The van der Waals surface area contributed by atoms with Crippen molar-refractivity contribution in [1.82, 2.24) is 0 Å². The number of carboxylic acids is 1. The molecule has 1 aliphatic heterocycles.